The Morgan fingerprint density at radius 3 is 2.50 bits per heavy atom. The van der Waals surface area contributed by atoms with E-state index in [4.69, 9.17) is 5.73 Å². The molecule has 1 unspecified atom stereocenters. The molecule has 0 saturated carbocycles. The van der Waals surface area contributed by atoms with Gasteiger partial charge in [0.15, 0.2) is 0 Å². The van der Waals surface area contributed by atoms with Crippen molar-refractivity contribution in [2.75, 3.05) is 0 Å². The molecule has 1 heterocycles. The zero-order valence-corrected chi connectivity index (χ0v) is 9.42. The molecule has 2 N–H and O–H groups in total. The van der Waals surface area contributed by atoms with Gasteiger partial charge in [0, 0.05) is 25.5 Å². The summed E-state index contributed by atoms with van der Waals surface area (Å²) >= 11 is 0. The summed E-state index contributed by atoms with van der Waals surface area (Å²) in [6.45, 7) is 1.91. The Labute approximate surface area is 93.9 Å². The van der Waals surface area contributed by atoms with E-state index in [-0.39, 0.29) is 11.7 Å². The fraction of sp³-hybridized carbons (Fsp3) is 0.250. The number of aryl methyl sites for hydroxylation is 1. The topological polar surface area (TPSA) is 52.9 Å². The molecule has 16 heavy (non-hydrogen) atoms. The molecule has 1 aromatic heterocycles. The summed E-state index contributed by atoms with van der Waals surface area (Å²) in [5.41, 5.74) is 7.64. The maximum absolute atomic E-state index is 11.8. The highest BCUT2D eigenvalue weighted by molar-refractivity contribution is 5.42. The van der Waals surface area contributed by atoms with E-state index in [1.54, 1.807) is 24.0 Å². The number of imidazole rings is 1. The van der Waals surface area contributed by atoms with E-state index >= 15 is 0 Å². The van der Waals surface area contributed by atoms with Gasteiger partial charge in [0.2, 0.25) is 0 Å². The minimum atomic E-state index is -0.0942. The van der Waals surface area contributed by atoms with Gasteiger partial charge in [-0.15, -0.1) is 0 Å². The van der Waals surface area contributed by atoms with Crippen molar-refractivity contribution in [2.45, 2.75) is 13.0 Å². The van der Waals surface area contributed by atoms with Crippen molar-refractivity contribution in [3.8, 4) is 5.69 Å². The standard InChI is InChI=1S/C12H15N3O/c1-9(13)10-5-3-4-6-11(10)15-8-7-14(2)12(15)16/h3-9H,13H2,1-2H3. The number of para-hydroxylation sites is 1. The van der Waals surface area contributed by atoms with E-state index in [0.717, 1.165) is 11.3 Å². The van der Waals surface area contributed by atoms with E-state index in [1.165, 1.54) is 4.57 Å². The first-order valence-corrected chi connectivity index (χ1v) is 5.20. The number of hydrogen-bond acceptors (Lipinski definition) is 2. The van der Waals surface area contributed by atoms with Gasteiger partial charge >= 0.3 is 5.69 Å². The van der Waals surface area contributed by atoms with Crippen LogP contribution < -0.4 is 11.4 Å². The smallest absolute Gasteiger partial charge is 0.324 e. The SMILES string of the molecule is CC(N)c1ccccc1-n1ccn(C)c1=O. The second-order valence-electron chi connectivity index (χ2n) is 3.91. The van der Waals surface area contributed by atoms with Gasteiger partial charge in [-0.05, 0) is 18.6 Å². The lowest BCUT2D eigenvalue weighted by Gasteiger charge is -2.12. The summed E-state index contributed by atoms with van der Waals surface area (Å²) in [6, 6.07) is 7.58. The van der Waals surface area contributed by atoms with Crippen molar-refractivity contribution in [1.29, 1.82) is 0 Å². The molecule has 84 valence electrons. The molecule has 0 saturated heterocycles. The average Bonchev–Trinajstić information content (AvgIpc) is 2.60. The van der Waals surface area contributed by atoms with Crippen molar-refractivity contribution >= 4 is 0 Å². The minimum absolute atomic E-state index is 0.0619. The highest BCUT2D eigenvalue weighted by atomic mass is 16.1. The fourth-order valence-corrected chi connectivity index (χ4v) is 1.74. The number of rotatable bonds is 2. The van der Waals surface area contributed by atoms with Crippen molar-refractivity contribution in [2.24, 2.45) is 12.8 Å². The molecule has 1 aromatic carbocycles. The molecule has 4 heteroatoms. The monoisotopic (exact) mass is 217 g/mol. The third-order valence-corrected chi connectivity index (χ3v) is 2.63. The molecule has 0 amide bonds. The predicted octanol–water partition coefficient (Wildman–Crippen LogP) is 1.20. The van der Waals surface area contributed by atoms with Crippen LogP contribution in [0.2, 0.25) is 0 Å². The molecule has 2 aromatic rings. The largest absolute Gasteiger partial charge is 0.332 e. The second-order valence-corrected chi connectivity index (χ2v) is 3.91. The second kappa shape index (κ2) is 3.98. The maximum atomic E-state index is 11.8. The van der Waals surface area contributed by atoms with E-state index < -0.39 is 0 Å². The van der Waals surface area contributed by atoms with Gasteiger partial charge in [-0.3, -0.25) is 4.57 Å². The first kappa shape index (κ1) is 10.7. The lowest BCUT2D eigenvalue weighted by Crippen LogP contribution is -2.22. The molecule has 0 aliphatic carbocycles. The third-order valence-electron chi connectivity index (χ3n) is 2.63. The zero-order valence-electron chi connectivity index (χ0n) is 9.42. The van der Waals surface area contributed by atoms with E-state index in [2.05, 4.69) is 0 Å². The van der Waals surface area contributed by atoms with Crippen molar-refractivity contribution in [3.05, 3.63) is 52.7 Å². The van der Waals surface area contributed by atoms with Crippen LogP contribution in [0.1, 0.15) is 18.5 Å². The van der Waals surface area contributed by atoms with Crippen molar-refractivity contribution in [3.63, 3.8) is 0 Å². The molecule has 0 spiro atoms. The van der Waals surface area contributed by atoms with Crippen LogP contribution in [0.5, 0.6) is 0 Å². The Bertz CT molecular complexity index is 551. The first-order chi connectivity index (χ1) is 7.61. The Kier molecular flexibility index (Phi) is 2.66. The third kappa shape index (κ3) is 1.67. The molecular formula is C12H15N3O. The summed E-state index contributed by atoms with van der Waals surface area (Å²) in [5.74, 6) is 0. The van der Waals surface area contributed by atoms with Gasteiger partial charge in [-0.25, -0.2) is 4.79 Å². The van der Waals surface area contributed by atoms with Crippen LogP contribution in [0.15, 0.2) is 41.5 Å². The van der Waals surface area contributed by atoms with Crippen LogP contribution >= 0.6 is 0 Å². The van der Waals surface area contributed by atoms with E-state index in [9.17, 15) is 4.79 Å². The fourth-order valence-electron chi connectivity index (χ4n) is 1.74. The van der Waals surface area contributed by atoms with Crippen molar-refractivity contribution < 1.29 is 0 Å². The molecular weight excluding hydrogens is 202 g/mol. The van der Waals surface area contributed by atoms with E-state index in [1.807, 2.05) is 31.2 Å². The summed E-state index contributed by atoms with van der Waals surface area (Å²) in [7, 11) is 1.73. The minimum Gasteiger partial charge on any atom is -0.324 e. The van der Waals surface area contributed by atoms with Crippen molar-refractivity contribution in [1.82, 2.24) is 9.13 Å². The Hall–Kier alpha value is -1.81. The van der Waals surface area contributed by atoms with Crippen LogP contribution in [-0.2, 0) is 7.05 Å². The van der Waals surface area contributed by atoms with Crippen LogP contribution in [0.4, 0.5) is 0 Å². The molecule has 0 aliphatic rings. The lowest BCUT2D eigenvalue weighted by molar-refractivity contribution is 0.782. The maximum Gasteiger partial charge on any atom is 0.332 e. The van der Waals surface area contributed by atoms with Gasteiger partial charge in [0.25, 0.3) is 0 Å². The molecule has 1 atom stereocenters. The average molecular weight is 217 g/mol. The quantitative estimate of drug-likeness (QED) is 0.821. The van der Waals surface area contributed by atoms with E-state index in [0.29, 0.717) is 0 Å². The molecule has 0 radical (unpaired) electrons. The first-order valence-electron chi connectivity index (χ1n) is 5.20. The zero-order chi connectivity index (χ0) is 11.7. The number of hydrogen-bond donors (Lipinski definition) is 1. The van der Waals surface area contributed by atoms with Gasteiger partial charge < -0.3 is 10.3 Å². The van der Waals surface area contributed by atoms with Gasteiger partial charge in [0.1, 0.15) is 0 Å². The number of nitrogens with zero attached hydrogens (tertiary/aromatic N) is 2. The highest BCUT2D eigenvalue weighted by Gasteiger charge is 2.10. The molecule has 4 nitrogen and oxygen atoms in total. The normalized spacial score (nSPS) is 12.7. The van der Waals surface area contributed by atoms with Gasteiger partial charge in [-0.1, -0.05) is 18.2 Å². The summed E-state index contributed by atoms with van der Waals surface area (Å²) in [5, 5.41) is 0. The molecule has 0 fully saturated rings. The predicted molar refractivity (Wildman–Crippen MR) is 63.6 cm³/mol. The van der Waals surface area contributed by atoms with Crippen LogP contribution in [0.3, 0.4) is 0 Å². The van der Waals surface area contributed by atoms with Gasteiger partial charge in [-0.2, -0.15) is 0 Å². The molecule has 0 aliphatic heterocycles. The molecule has 2 rings (SSSR count). The number of nitrogens with two attached hydrogens (primary N) is 1. The summed E-state index contributed by atoms with van der Waals surface area (Å²) in [4.78, 5) is 11.8. The number of benzene rings is 1. The number of aromatic nitrogens is 2. The molecule has 0 bridgehead atoms. The Morgan fingerprint density at radius 1 is 1.25 bits per heavy atom. The highest BCUT2D eigenvalue weighted by Crippen LogP contribution is 2.18. The van der Waals surface area contributed by atoms with Crippen LogP contribution in [-0.4, -0.2) is 9.13 Å². The Morgan fingerprint density at radius 2 is 1.94 bits per heavy atom. The van der Waals surface area contributed by atoms with Crippen LogP contribution in [0, 0.1) is 0 Å². The van der Waals surface area contributed by atoms with Gasteiger partial charge in [0.05, 0.1) is 5.69 Å². The Balaban J connectivity index is 2.65. The summed E-state index contributed by atoms with van der Waals surface area (Å²) in [6.07, 6.45) is 3.49. The lowest BCUT2D eigenvalue weighted by atomic mass is 10.1. The summed E-state index contributed by atoms with van der Waals surface area (Å²) < 4.78 is 3.15. The van der Waals surface area contributed by atoms with Crippen LogP contribution in [0.25, 0.3) is 5.69 Å².